The van der Waals surface area contributed by atoms with Gasteiger partial charge in [0.1, 0.15) is 17.6 Å². The summed E-state index contributed by atoms with van der Waals surface area (Å²) >= 11 is 0. The number of halogens is 3. The van der Waals surface area contributed by atoms with Gasteiger partial charge in [0.15, 0.2) is 6.10 Å². The van der Waals surface area contributed by atoms with Crippen molar-refractivity contribution in [2.75, 3.05) is 13.1 Å². The molecule has 0 saturated carbocycles. The minimum atomic E-state index is -3.46. The van der Waals surface area contributed by atoms with Crippen LogP contribution in [0.5, 0.6) is 5.75 Å². The second-order valence-corrected chi connectivity index (χ2v) is 11.2. The summed E-state index contributed by atoms with van der Waals surface area (Å²) in [5.41, 5.74) is -1.33. The lowest BCUT2D eigenvalue weighted by atomic mass is 9.81. The van der Waals surface area contributed by atoms with Crippen LogP contribution in [-0.4, -0.2) is 70.0 Å². The van der Waals surface area contributed by atoms with Crippen LogP contribution in [0.1, 0.15) is 49.2 Å². The molecule has 40 heavy (non-hydrogen) atoms. The summed E-state index contributed by atoms with van der Waals surface area (Å²) in [5.74, 6) is -6.88. The number of hydrogen-bond donors (Lipinski definition) is 4. The Balaban J connectivity index is 1.96. The number of likely N-dealkylation sites (tertiary alicyclic amines) is 1. The standard InChI is InChI=1S/C29H36F3N3O5/c1-16(2)14-33-26(39)24-28(4,5)29(31,32)15-35(24)27(40)23(37)21(13-18-8-6-9-19(30)12-18)34-25(38)20-10-7-11-22(36)17(20)3/h6-12,16,21,23-24,36-37H,13-15H2,1-5H3,(H,33,39)(H,34,38). The maximum atomic E-state index is 15.1. The predicted molar refractivity (Wildman–Crippen MR) is 142 cm³/mol. The maximum Gasteiger partial charge on any atom is 0.272 e. The number of alkyl halides is 2. The van der Waals surface area contributed by atoms with Crippen LogP contribution in [0.3, 0.4) is 0 Å². The van der Waals surface area contributed by atoms with Gasteiger partial charge in [-0.3, -0.25) is 14.4 Å². The third-order valence-corrected chi connectivity index (χ3v) is 7.37. The highest BCUT2D eigenvalue weighted by Gasteiger charge is 2.64. The number of phenolic OH excluding ortho intramolecular Hbond substituents is 1. The highest BCUT2D eigenvalue weighted by atomic mass is 19.3. The van der Waals surface area contributed by atoms with E-state index < -0.39 is 59.6 Å². The minimum Gasteiger partial charge on any atom is -0.508 e. The van der Waals surface area contributed by atoms with E-state index in [2.05, 4.69) is 10.6 Å². The van der Waals surface area contributed by atoms with Gasteiger partial charge in [-0.05, 0) is 49.1 Å². The molecular formula is C29H36F3N3O5. The molecule has 4 N–H and O–H groups in total. The van der Waals surface area contributed by atoms with Crippen molar-refractivity contribution >= 4 is 17.7 Å². The van der Waals surface area contributed by atoms with Gasteiger partial charge in [-0.1, -0.05) is 45.9 Å². The Hall–Kier alpha value is -3.60. The Kier molecular flexibility index (Phi) is 9.18. The van der Waals surface area contributed by atoms with Gasteiger partial charge in [-0.15, -0.1) is 0 Å². The molecule has 1 aliphatic heterocycles. The summed E-state index contributed by atoms with van der Waals surface area (Å²) in [4.78, 5) is 40.5. The Morgan fingerprint density at radius 3 is 2.40 bits per heavy atom. The van der Waals surface area contributed by atoms with Gasteiger partial charge < -0.3 is 25.7 Å². The highest BCUT2D eigenvalue weighted by molar-refractivity contribution is 5.97. The maximum absolute atomic E-state index is 15.1. The first-order chi connectivity index (χ1) is 18.6. The van der Waals surface area contributed by atoms with Gasteiger partial charge in [-0.25, -0.2) is 13.2 Å². The molecule has 3 rings (SSSR count). The van der Waals surface area contributed by atoms with E-state index in [4.69, 9.17) is 0 Å². The van der Waals surface area contributed by atoms with Crippen molar-refractivity contribution in [3.05, 3.63) is 65.0 Å². The smallest absolute Gasteiger partial charge is 0.272 e. The second kappa shape index (κ2) is 11.9. The quantitative estimate of drug-likeness (QED) is 0.374. The SMILES string of the molecule is Cc1c(O)cccc1C(=O)NC(Cc1cccc(F)c1)C(O)C(=O)N1CC(F)(F)C(C)(C)C1C(=O)NCC(C)C. The molecule has 2 aromatic rings. The van der Waals surface area contributed by atoms with E-state index in [0.29, 0.717) is 10.5 Å². The van der Waals surface area contributed by atoms with Crippen LogP contribution in [0.25, 0.3) is 0 Å². The van der Waals surface area contributed by atoms with E-state index in [-0.39, 0.29) is 35.8 Å². The first-order valence-electron chi connectivity index (χ1n) is 13.0. The molecule has 1 fully saturated rings. The zero-order valence-corrected chi connectivity index (χ0v) is 23.2. The molecule has 0 bridgehead atoms. The fraction of sp³-hybridized carbons (Fsp3) is 0.483. The number of hydrogen-bond acceptors (Lipinski definition) is 5. The van der Waals surface area contributed by atoms with Crippen molar-refractivity contribution in [2.24, 2.45) is 11.3 Å². The van der Waals surface area contributed by atoms with E-state index in [0.717, 1.165) is 6.07 Å². The number of carbonyl (C=O) groups excluding carboxylic acids is 3. The van der Waals surface area contributed by atoms with Crippen molar-refractivity contribution in [1.29, 1.82) is 0 Å². The first kappa shape index (κ1) is 30.9. The normalized spacial score (nSPS) is 19.2. The fourth-order valence-electron chi connectivity index (χ4n) is 4.79. The lowest BCUT2D eigenvalue weighted by Gasteiger charge is -2.34. The van der Waals surface area contributed by atoms with Gasteiger partial charge in [0.05, 0.1) is 18.0 Å². The molecule has 218 valence electrons. The molecule has 11 heteroatoms. The number of aromatic hydroxyl groups is 1. The average molecular weight is 564 g/mol. The molecule has 1 saturated heterocycles. The van der Waals surface area contributed by atoms with E-state index in [9.17, 15) is 29.0 Å². The number of amides is 3. The number of nitrogens with zero attached hydrogens (tertiary/aromatic N) is 1. The third kappa shape index (κ3) is 6.41. The minimum absolute atomic E-state index is 0.0236. The number of nitrogens with one attached hydrogen (secondary N) is 2. The van der Waals surface area contributed by atoms with Crippen molar-refractivity contribution in [3.63, 3.8) is 0 Å². The van der Waals surface area contributed by atoms with Gasteiger partial charge >= 0.3 is 0 Å². The van der Waals surface area contributed by atoms with Crippen LogP contribution in [0.15, 0.2) is 42.5 Å². The van der Waals surface area contributed by atoms with Gasteiger partial charge in [0.25, 0.3) is 17.7 Å². The summed E-state index contributed by atoms with van der Waals surface area (Å²) in [7, 11) is 0. The molecule has 3 atom stereocenters. The molecule has 1 aliphatic rings. The topological polar surface area (TPSA) is 119 Å². The number of aliphatic hydroxyl groups is 1. The Bertz CT molecular complexity index is 1270. The molecule has 2 aromatic carbocycles. The summed E-state index contributed by atoms with van der Waals surface area (Å²) in [6.07, 6.45) is -2.29. The third-order valence-electron chi connectivity index (χ3n) is 7.37. The summed E-state index contributed by atoms with van der Waals surface area (Å²) < 4.78 is 44.1. The summed E-state index contributed by atoms with van der Waals surface area (Å²) in [6.45, 7) is 6.61. The summed E-state index contributed by atoms with van der Waals surface area (Å²) in [5, 5.41) is 26.4. The van der Waals surface area contributed by atoms with Gasteiger partial charge in [0, 0.05) is 17.7 Å². The van der Waals surface area contributed by atoms with Gasteiger partial charge in [0.2, 0.25) is 5.91 Å². The number of rotatable bonds is 9. The number of aliphatic hydroxyl groups excluding tert-OH is 1. The Morgan fingerprint density at radius 1 is 1.12 bits per heavy atom. The monoisotopic (exact) mass is 563 g/mol. The highest BCUT2D eigenvalue weighted by Crippen LogP contribution is 2.48. The number of benzene rings is 2. The van der Waals surface area contributed by atoms with E-state index >= 15 is 8.78 Å². The van der Waals surface area contributed by atoms with E-state index in [1.54, 1.807) is 0 Å². The molecule has 0 spiro atoms. The lowest BCUT2D eigenvalue weighted by molar-refractivity contribution is -0.148. The van der Waals surface area contributed by atoms with Crippen molar-refractivity contribution < 1.29 is 37.8 Å². The molecule has 1 heterocycles. The first-order valence-corrected chi connectivity index (χ1v) is 13.0. The lowest BCUT2D eigenvalue weighted by Crippen LogP contribution is -2.58. The number of carbonyl (C=O) groups is 3. The second-order valence-electron chi connectivity index (χ2n) is 11.2. The fourth-order valence-corrected chi connectivity index (χ4v) is 4.79. The molecular weight excluding hydrogens is 527 g/mol. The average Bonchev–Trinajstić information content (AvgIpc) is 3.06. The zero-order chi connectivity index (χ0) is 30.0. The van der Waals surface area contributed by atoms with E-state index in [1.165, 1.54) is 57.2 Å². The van der Waals surface area contributed by atoms with Crippen LogP contribution in [0.4, 0.5) is 13.2 Å². The van der Waals surface area contributed by atoms with Crippen LogP contribution in [0, 0.1) is 24.1 Å². The number of phenols is 1. The molecule has 0 radical (unpaired) electrons. The molecule has 3 amide bonds. The van der Waals surface area contributed by atoms with E-state index in [1.807, 2.05) is 13.8 Å². The zero-order valence-electron chi connectivity index (χ0n) is 23.2. The van der Waals surface area contributed by atoms with Crippen LogP contribution < -0.4 is 10.6 Å². The Labute approximate surface area is 231 Å². The largest absolute Gasteiger partial charge is 0.508 e. The van der Waals surface area contributed by atoms with Crippen LogP contribution in [0.2, 0.25) is 0 Å². The van der Waals surface area contributed by atoms with Crippen molar-refractivity contribution in [3.8, 4) is 5.75 Å². The van der Waals surface area contributed by atoms with Crippen LogP contribution >= 0.6 is 0 Å². The molecule has 0 aromatic heterocycles. The van der Waals surface area contributed by atoms with Crippen LogP contribution in [-0.2, 0) is 16.0 Å². The Morgan fingerprint density at radius 2 is 1.77 bits per heavy atom. The molecule has 3 unspecified atom stereocenters. The predicted octanol–water partition coefficient (Wildman–Crippen LogP) is 3.19. The summed E-state index contributed by atoms with van der Waals surface area (Å²) in [6, 6.07) is 6.56. The van der Waals surface area contributed by atoms with Gasteiger partial charge in [-0.2, -0.15) is 0 Å². The molecule has 8 nitrogen and oxygen atoms in total. The van der Waals surface area contributed by atoms with Crippen molar-refractivity contribution in [2.45, 2.75) is 65.1 Å². The van der Waals surface area contributed by atoms with Crippen molar-refractivity contribution in [1.82, 2.24) is 15.5 Å². The molecule has 0 aliphatic carbocycles.